The van der Waals surface area contributed by atoms with Crippen LogP contribution >= 0.6 is 0 Å². The van der Waals surface area contributed by atoms with Crippen LogP contribution in [0.25, 0.3) is 0 Å². The molecule has 1 aliphatic heterocycles. The number of amides is 2. The zero-order chi connectivity index (χ0) is 26.2. The monoisotopic (exact) mass is 506 g/mol. The summed E-state index contributed by atoms with van der Waals surface area (Å²) in [6.45, 7) is 5.21. The number of nitrogens with zero attached hydrogens (tertiary/aromatic N) is 2. The number of anilines is 3. The number of carbonyl (C=O) groups excluding carboxylic acids is 2. The van der Waals surface area contributed by atoms with Gasteiger partial charge in [-0.2, -0.15) is 5.26 Å². The number of carbonyl (C=O) groups is 2. The van der Waals surface area contributed by atoms with Gasteiger partial charge in [0.05, 0.1) is 33.9 Å². The van der Waals surface area contributed by atoms with Crippen molar-refractivity contribution in [2.75, 3.05) is 14.9 Å². The van der Waals surface area contributed by atoms with Gasteiger partial charge in [-0.1, -0.05) is 29.8 Å². The van der Waals surface area contributed by atoms with Crippen LogP contribution < -0.4 is 14.9 Å². The average Bonchev–Trinajstić information content (AvgIpc) is 2.78. The number of hydrogen-bond acceptors (Lipinski definition) is 5. The largest absolute Gasteiger partial charge is 0.325 e. The Labute approximate surface area is 208 Å². The van der Waals surface area contributed by atoms with E-state index in [1.54, 1.807) is 50.2 Å². The van der Waals surface area contributed by atoms with E-state index in [2.05, 4.69) is 10.6 Å². The minimum absolute atomic E-state index is 0.0265. The van der Waals surface area contributed by atoms with Gasteiger partial charge >= 0.3 is 0 Å². The number of nitriles is 1. The van der Waals surface area contributed by atoms with Crippen LogP contribution in [0.1, 0.15) is 28.7 Å². The van der Waals surface area contributed by atoms with Crippen molar-refractivity contribution in [1.29, 1.82) is 5.26 Å². The maximum atomic E-state index is 14.1. The first-order valence-electron chi connectivity index (χ1n) is 11.0. The summed E-state index contributed by atoms with van der Waals surface area (Å²) in [6, 6.07) is 13.6. The van der Waals surface area contributed by atoms with Crippen LogP contribution in [0.3, 0.4) is 0 Å². The molecule has 0 aliphatic carbocycles. The Morgan fingerprint density at radius 2 is 1.78 bits per heavy atom. The van der Waals surface area contributed by atoms with Crippen LogP contribution in [-0.4, -0.2) is 26.3 Å². The number of halogens is 1. The first-order chi connectivity index (χ1) is 17.0. The molecule has 184 valence electrons. The van der Waals surface area contributed by atoms with E-state index < -0.39 is 40.1 Å². The SMILES string of the molecule is Cc1cc(C)c(S(=O)(=O)N2c3ccccc3NC(=O)C2CC(=O)Nc2cc(F)ccc2C#N)c(C)c1. The number of rotatable bonds is 5. The lowest BCUT2D eigenvalue weighted by molar-refractivity contribution is -0.122. The molecule has 4 rings (SSSR count). The lowest BCUT2D eigenvalue weighted by Crippen LogP contribution is -2.52. The zero-order valence-corrected chi connectivity index (χ0v) is 20.6. The van der Waals surface area contributed by atoms with Crippen LogP contribution in [0.4, 0.5) is 21.5 Å². The van der Waals surface area contributed by atoms with E-state index in [-0.39, 0.29) is 21.8 Å². The second-order valence-corrected chi connectivity index (χ2v) is 10.4. The molecule has 3 aromatic carbocycles. The number of fused-ring (bicyclic) bond motifs is 1. The molecule has 0 aromatic heterocycles. The highest BCUT2D eigenvalue weighted by atomic mass is 32.2. The molecule has 36 heavy (non-hydrogen) atoms. The lowest BCUT2D eigenvalue weighted by atomic mass is 10.1. The highest BCUT2D eigenvalue weighted by Crippen LogP contribution is 2.39. The highest BCUT2D eigenvalue weighted by molar-refractivity contribution is 7.93. The minimum Gasteiger partial charge on any atom is -0.325 e. The smallest absolute Gasteiger partial charge is 0.265 e. The van der Waals surface area contributed by atoms with Crippen molar-refractivity contribution in [1.82, 2.24) is 0 Å². The fourth-order valence-electron chi connectivity index (χ4n) is 4.50. The van der Waals surface area contributed by atoms with Crippen LogP contribution in [0, 0.1) is 37.9 Å². The quantitative estimate of drug-likeness (QED) is 0.538. The lowest BCUT2D eigenvalue weighted by Gasteiger charge is -2.37. The topological polar surface area (TPSA) is 119 Å². The fourth-order valence-corrected chi connectivity index (χ4v) is 6.55. The molecule has 1 aliphatic rings. The van der Waals surface area contributed by atoms with Gasteiger partial charge in [0, 0.05) is 0 Å². The Bertz CT molecular complexity index is 1520. The van der Waals surface area contributed by atoms with Gasteiger partial charge in [-0.15, -0.1) is 0 Å². The molecule has 2 amide bonds. The predicted octanol–water partition coefficient (Wildman–Crippen LogP) is 4.17. The maximum Gasteiger partial charge on any atom is 0.265 e. The van der Waals surface area contributed by atoms with Gasteiger partial charge in [0.15, 0.2) is 0 Å². The normalized spacial score (nSPS) is 15.0. The van der Waals surface area contributed by atoms with Crippen LogP contribution in [0.15, 0.2) is 59.5 Å². The van der Waals surface area contributed by atoms with Gasteiger partial charge in [0.25, 0.3) is 10.0 Å². The van der Waals surface area contributed by atoms with E-state index in [0.717, 1.165) is 22.0 Å². The summed E-state index contributed by atoms with van der Waals surface area (Å²) in [5.41, 5.74) is 2.38. The average molecular weight is 507 g/mol. The van der Waals surface area contributed by atoms with E-state index in [1.807, 2.05) is 13.0 Å². The van der Waals surface area contributed by atoms with E-state index in [4.69, 9.17) is 0 Å². The maximum absolute atomic E-state index is 14.1. The Hall–Kier alpha value is -4.23. The molecule has 1 unspecified atom stereocenters. The van der Waals surface area contributed by atoms with Gasteiger partial charge in [0.2, 0.25) is 11.8 Å². The first-order valence-corrected chi connectivity index (χ1v) is 12.5. The second kappa shape index (κ2) is 9.43. The third-order valence-corrected chi connectivity index (χ3v) is 7.99. The van der Waals surface area contributed by atoms with Crippen molar-refractivity contribution in [3.8, 4) is 6.07 Å². The van der Waals surface area contributed by atoms with Crippen molar-refractivity contribution in [3.05, 3.63) is 82.7 Å². The molecule has 0 fully saturated rings. The highest BCUT2D eigenvalue weighted by Gasteiger charge is 2.43. The van der Waals surface area contributed by atoms with Gasteiger partial charge in [-0.3, -0.25) is 13.9 Å². The molecule has 0 saturated carbocycles. The molecule has 3 aromatic rings. The molecule has 0 spiro atoms. The summed E-state index contributed by atoms with van der Waals surface area (Å²) < 4.78 is 42.8. The third kappa shape index (κ3) is 4.53. The Balaban J connectivity index is 1.78. The number of hydrogen-bond donors (Lipinski definition) is 2. The summed E-state index contributed by atoms with van der Waals surface area (Å²) in [5, 5.41) is 14.4. The summed E-state index contributed by atoms with van der Waals surface area (Å²) >= 11 is 0. The number of para-hydroxylation sites is 2. The summed E-state index contributed by atoms with van der Waals surface area (Å²) in [5.74, 6) is -2.10. The molecule has 0 saturated heterocycles. The predicted molar refractivity (Wildman–Crippen MR) is 134 cm³/mol. The number of benzene rings is 3. The summed E-state index contributed by atoms with van der Waals surface area (Å²) in [6.07, 6.45) is -0.565. The summed E-state index contributed by atoms with van der Waals surface area (Å²) in [4.78, 5) is 26.1. The molecular weight excluding hydrogens is 483 g/mol. The van der Waals surface area contributed by atoms with Crippen molar-refractivity contribution in [3.63, 3.8) is 0 Å². The molecular formula is C26H23FN4O4S. The second-order valence-electron chi connectivity index (χ2n) is 8.60. The standard InChI is InChI=1S/C26H23FN4O4S/c1-15-10-16(2)25(17(3)11-15)36(34,35)31-22-7-5-4-6-20(22)30-26(33)23(31)13-24(32)29-21-12-19(27)9-8-18(21)14-28/h4-12,23H,13H2,1-3H3,(H,29,32)(H,30,33). The van der Waals surface area contributed by atoms with E-state index in [9.17, 15) is 27.7 Å². The molecule has 2 N–H and O–H groups in total. The van der Waals surface area contributed by atoms with Crippen LogP contribution in [-0.2, 0) is 19.6 Å². The van der Waals surface area contributed by atoms with Crippen LogP contribution in [0.5, 0.6) is 0 Å². The molecule has 10 heteroatoms. The molecule has 8 nitrogen and oxygen atoms in total. The number of sulfonamides is 1. The van der Waals surface area contributed by atoms with Crippen molar-refractivity contribution in [2.45, 2.75) is 38.1 Å². The van der Waals surface area contributed by atoms with E-state index >= 15 is 0 Å². The zero-order valence-electron chi connectivity index (χ0n) is 19.8. The van der Waals surface area contributed by atoms with E-state index in [1.165, 1.54) is 6.07 Å². The van der Waals surface area contributed by atoms with Crippen molar-refractivity contribution < 1.29 is 22.4 Å². The number of aryl methyl sites for hydroxylation is 3. The third-order valence-electron chi connectivity index (χ3n) is 5.86. The minimum atomic E-state index is -4.29. The van der Waals surface area contributed by atoms with E-state index in [0.29, 0.717) is 16.8 Å². The van der Waals surface area contributed by atoms with Gasteiger partial charge in [-0.05, 0) is 62.2 Å². The molecule has 0 radical (unpaired) electrons. The Kier molecular flexibility index (Phi) is 6.52. The van der Waals surface area contributed by atoms with Crippen molar-refractivity contribution in [2.24, 2.45) is 0 Å². The van der Waals surface area contributed by atoms with Crippen LogP contribution in [0.2, 0.25) is 0 Å². The number of nitrogens with one attached hydrogen (secondary N) is 2. The first kappa shape index (κ1) is 24.9. The molecule has 0 bridgehead atoms. The Morgan fingerprint density at radius 3 is 2.44 bits per heavy atom. The molecule has 1 atom stereocenters. The Morgan fingerprint density at radius 1 is 1.11 bits per heavy atom. The van der Waals surface area contributed by atoms with Gasteiger partial charge < -0.3 is 10.6 Å². The van der Waals surface area contributed by atoms with Crippen molar-refractivity contribution >= 4 is 38.9 Å². The van der Waals surface area contributed by atoms with Gasteiger partial charge in [-0.25, -0.2) is 12.8 Å². The van der Waals surface area contributed by atoms with Gasteiger partial charge in [0.1, 0.15) is 17.9 Å². The molecule has 1 heterocycles. The summed E-state index contributed by atoms with van der Waals surface area (Å²) in [7, 11) is -4.29. The fraction of sp³-hybridized carbons (Fsp3) is 0.192.